The molecule has 4 N–H and O–H groups in total. The zero-order valence-electron chi connectivity index (χ0n) is 18.5. The number of pyridine rings is 1. The Hall–Kier alpha value is -3.40. The first-order valence-electron chi connectivity index (χ1n) is 11.5. The average molecular weight is 452 g/mol. The lowest BCUT2D eigenvalue weighted by Gasteiger charge is -2.32. The molecule has 1 unspecified atom stereocenters. The number of nitrogens with one attached hydrogen (secondary N) is 3. The second-order valence-electron chi connectivity index (χ2n) is 8.76. The normalized spacial score (nSPS) is 21.5. The molecule has 3 aliphatic rings. The van der Waals surface area contributed by atoms with Gasteiger partial charge in [-0.3, -0.25) is 15.1 Å². The molecule has 5 rings (SSSR count). The van der Waals surface area contributed by atoms with Gasteiger partial charge in [-0.2, -0.15) is 0 Å². The fraction of sp³-hybridized carbons (Fsp3) is 0.478. The Kier molecular flexibility index (Phi) is 5.99. The molecular weight excluding hydrogens is 422 g/mol. The summed E-state index contributed by atoms with van der Waals surface area (Å²) in [5, 5.41) is 16.5. The first-order valence-corrected chi connectivity index (χ1v) is 11.5. The van der Waals surface area contributed by atoms with E-state index in [2.05, 4.69) is 37.7 Å². The van der Waals surface area contributed by atoms with Crippen LogP contribution in [0.1, 0.15) is 44.0 Å². The minimum atomic E-state index is -0.969. The van der Waals surface area contributed by atoms with Gasteiger partial charge in [0.15, 0.2) is 0 Å². The molecule has 10 nitrogen and oxygen atoms in total. The van der Waals surface area contributed by atoms with Crippen LogP contribution in [0.2, 0.25) is 0 Å². The van der Waals surface area contributed by atoms with Crippen LogP contribution in [0.3, 0.4) is 0 Å². The van der Waals surface area contributed by atoms with Crippen molar-refractivity contribution in [2.24, 2.45) is 0 Å². The maximum Gasteiger partial charge on any atom is 0.320 e. The van der Waals surface area contributed by atoms with Gasteiger partial charge in [-0.15, -0.1) is 0 Å². The van der Waals surface area contributed by atoms with Crippen molar-refractivity contribution in [2.45, 2.75) is 44.3 Å². The van der Waals surface area contributed by atoms with Crippen LogP contribution >= 0.6 is 0 Å². The first kappa shape index (κ1) is 21.4. The molecule has 10 heteroatoms. The van der Waals surface area contributed by atoms with Crippen molar-refractivity contribution in [2.75, 3.05) is 26.2 Å². The Labute approximate surface area is 191 Å². The van der Waals surface area contributed by atoms with E-state index in [9.17, 15) is 14.7 Å². The van der Waals surface area contributed by atoms with Crippen LogP contribution in [0.4, 0.5) is 4.79 Å². The Morgan fingerprint density at radius 3 is 3.06 bits per heavy atom. The number of aliphatic carboxylic acids is 1. The molecule has 2 amide bonds. The van der Waals surface area contributed by atoms with Crippen LogP contribution in [-0.4, -0.2) is 74.2 Å². The smallest absolute Gasteiger partial charge is 0.320 e. The second-order valence-corrected chi connectivity index (χ2v) is 8.76. The first-order chi connectivity index (χ1) is 16.1. The van der Waals surface area contributed by atoms with E-state index in [0.29, 0.717) is 31.0 Å². The number of H-pyrrole nitrogens is 1. The molecule has 0 bridgehead atoms. The quantitative estimate of drug-likeness (QED) is 0.484. The van der Waals surface area contributed by atoms with Crippen LogP contribution in [-0.2, 0) is 4.79 Å². The highest BCUT2D eigenvalue weighted by Gasteiger charge is 2.37. The molecule has 174 valence electrons. The van der Waals surface area contributed by atoms with Crippen molar-refractivity contribution in [3.05, 3.63) is 47.7 Å². The van der Waals surface area contributed by atoms with Crippen molar-refractivity contribution in [1.82, 2.24) is 35.4 Å². The SMILES string of the molecule is O=C(O)C[C@H](c1nc2cnccc2[nH]1)N1CCN(CCCC2=CC=C3CCCNC3N2)C1=O. The number of nitrogens with zero attached hydrogens (tertiary/aromatic N) is 4. The Balaban J connectivity index is 1.21. The van der Waals surface area contributed by atoms with Crippen LogP contribution in [0.5, 0.6) is 0 Å². The molecule has 33 heavy (non-hydrogen) atoms. The summed E-state index contributed by atoms with van der Waals surface area (Å²) in [6.45, 7) is 2.72. The predicted octanol–water partition coefficient (Wildman–Crippen LogP) is 2.11. The summed E-state index contributed by atoms with van der Waals surface area (Å²) in [7, 11) is 0. The monoisotopic (exact) mass is 451 g/mol. The Bertz CT molecular complexity index is 1080. The van der Waals surface area contributed by atoms with E-state index in [-0.39, 0.29) is 18.6 Å². The van der Waals surface area contributed by atoms with Crippen molar-refractivity contribution in [3.8, 4) is 0 Å². The van der Waals surface area contributed by atoms with E-state index in [0.717, 1.165) is 31.3 Å². The molecular formula is C23H29N7O3. The maximum absolute atomic E-state index is 13.1. The Morgan fingerprint density at radius 1 is 1.30 bits per heavy atom. The highest BCUT2D eigenvalue weighted by atomic mass is 16.4. The number of fused-ring (bicyclic) bond motifs is 2. The van der Waals surface area contributed by atoms with E-state index < -0.39 is 12.0 Å². The number of amides is 2. The predicted molar refractivity (Wildman–Crippen MR) is 122 cm³/mol. The van der Waals surface area contributed by atoms with Gasteiger partial charge in [0.25, 0.3) is 0 Å². The number of carbonyl (C=O) groups excluding carboxylic acids is 1. The van der Waals surface area contributed by atoms with Gasteiger partial charge in [-0.25, -0.2) is 9.78 Å². The number of allylic oxidation sites excluding steroid dienone is 3. The van der Waals surface area contributed by atoms with E-state index in [1.807, 2.05) is 4.90 Å². The van der Waals surface area contributed by atoms with Gasteiger partial charge in [0.05, 0.1) is 24.3 Å². The number of piperidine rings is 1. The van der Waals surface area contributed by atoms with E-state index in [4.69, 9.17) is 0 Å². The van der Waals surface area contributed by atoms with E-state index in [1.165, 1.54) is 17.7 Å². The lowest BCUT2D eigenvalue weighted by Crippen LogP contribution is -2.47. The molecule has 0 spiro atoms. The molecule has 0 radical (unpaired) electrons. The molecule has 2 fully saturated rings. The van der Waals surface area contributed by atoms with E-state index in [1.54, 1.807) is 23.4 Å². The number of hydrogen-bond acceptors (Lipinski definition) is 6. The summed E-state index contributed by atoms with van der Waals surface area (Å²) in [6, 6.07) is 1.01. The summed E-state index contributed by atoms with van der Waals surface area (Å²) >= 11 is 0. The minimum Gasteiger partial charge on any atom is -0.481 e. The average Bonchev–Trinajstić information content (AvgIpc) is 3.41. The van der Waals surface area contributed by atoms with Crippen LogP contribution < -0.4 is 10.6 Å². The van der Waals surface area contributed by atoms with Gasteiger partial charge in [0.1, 0.15) is 17.4 Å². The largest absolute Gasteiger partial charge is 0.481 e. The topological polar surface area (TPSA) is 126 Å². The molecule has 2 aromatic rings. The zero-order valence-corrected chi connectivity index (χ0v) is 18.5. The van der Waals surface area contributed by atoms with Crippen molar-refractivity contribution in [1.29, 1.82) is 0 Å². The number of hydrogen-bond donors (Lipinski definition) is 4. The van der Waals surface area contributed by atoms with E-state index >= 15 is 0 Å². The fourth-order valence-corrected chi connectivity index (χ4v) is 4.85. The highest BCUT2D eigenvalue weighted by Crippen LogP contribution is 2.28. The number of carboxylic acid groups (broad SMARTS) is 1. The number of aromatic amines is 1. The van der Waals surface area contributed by atoms with Gasteiger partial charge < -0.3 is 25.2 Å². The van der Waals surface area contributed by atoms with Gasteiger partial charge in [0.2, 0.25) is 0 Å². The summed E-state index contributed by atoms with van der Waals surface area (Å²) in [5.74, 6) is -0.487. The number of carbonyl (C=O) groups is 2. The van der Waals surface area contributed by atoms with Gasteiger partial charge in [-0.1, -0.05) is 6.08 Å². The van der Waals surface area contributed by atoms with Crippen molar-refractivity contribution in [3.63, 3.8) is 0 Å². The van der Waals surface area contributed by atoms with Crippen molar-refractivity contribution < 1.29 is 14.7 Å². The summed E-state index contributed by atoms with van der Waals surface area (Å²) < 4.78 is 0. The molecule has 2 atom stereocenters. The lowest BCUT2D eigenvalue weighted by atomic mass is 9.99. The number of aromatic nitrogens is 3. The third kappa shape index (κ3) is 4.56. The van der Waals surface area contributed by atoms with Gasteiger partial charge >= 0.3 is 12.0 Å². The molecule has 5 heterocycles. The summed E-state index contributed by atoms with van der Waals surface area (Å²) in [6.07, 6.45) is 11.7. The maximum atomic E-state index is 13.1. The summed E-state index contributed by atoms with van der Waals surface area (Å²) in [4.78, 5) is 39.9. The van der Waals surface area contributed by atoms with Crippen LogP contribution in [0.25, 0.3) is 11.0 Å². The molecule has 0 aromatic carbocycles. The highest BCUT2D eigenvalue weighted by molar-refractivity contribution is 5.79. The Morgan fingerprint density at radius 2 is 2.21 bits per heavy atom. The third-order valence-electron chi connectivity index (χ3n) is 6.55. The molecule has 0 aliphatic carbocycles. The minimum absolute atomic E-state index is 0.137. The molecule has 3 aliphatic heterocycles. The molecule has 0 saturated carbocycles. The molecule has 2 saturated heterocycles. The number of urea groups is 1. The van der Waals surface area contributed by atoms with Gasteiger partial charge in [-0.05, 0) is 49.9 Å². The third-order valence-corrected chi connectivity index (χ3v) is 6.55. The van der Waals surface area contributed by atoms with Gasteiger partial charge in [0, 0.05) is 31.5 Å². The molecule has 2 aromatic heterocycles. The van der Waals surface area contributed by atoms with Crippen LogP contribution in [0.15, 0.2) is 41.9 Å². The standard InChI is InChI=1S/C23H29N7O3/c31-20(32)13-19(22-27-17-7-9-24-14-18(17)28-22)30-12-11-29(23(30)33)10-2-4-16-6-5-15-3-1-8-25-21(15)26-16/h5-7,9,14,19,21,25-26H,1-4,8,10-13H2,(H,27,28)(H,31,32)/t19-,21?/m1/s1. The summed E-state index contributed by atoms with van der Waals surface area (Å²) in [5.41, 5.74) is 4.02. The lowest BCUT2D eigenvalue weighted by molar-refractivity contribution is -0.138. The van der Waals surface area contributed by atoms with Crippen LogP contribution in [0, 0.1) is 0 Å². The number of imidazole rings is 1. The number of dihydropyridines is 1. The zero-order chi connectivity index (χ0) is 22.8. The number of carboxylic acids is 1. The fourth-order valence-electron chi connectivity index (χ4n) is 4.85. The van der Waals surface area contributed by atoms with Crippen molar-refractivity contribution >= 4 is 23.0 Å². The number of rotatable bonds is 8. The second kappa shape index (κ2) is 9.22.